The molecule has 3 saturated carbocycles. The van der Waals surface area contributed by atoms with Crippen molar-refractivity contribution in [3.8, 4) is 0 Å². The average Bonchev–Trinajstić information content (AvgIpc) is 3.33. The summed E-state index contributed by atoms with van der Waals surface area (Å²) in [6, 6.07) is 0. The van der Waals surface area contributed by atoms with Gasteiger partial charge in [-0.15, -0.1) is 0 Å². The van der Waals surface area contributed by atoms with Crippen molar-refractivity contribution in [2.75, 3.05) is 0 Å². The predicted molar refractivity (Wildman–Crippen MR) is 105 cm³/mol. The summed E-state index contributed by atoms with van der Waals surface area (Å²) in [5, 5.41) is 13.0. The van der Waals surface area contributed by atoms with E-state index < -0.39 is 0 Å². The lowest BCUT2D eigenvalue weighted by atomic mass is 9.47. The number of carbonyl (C=O) groups excluding carboxylic acids is 1. The van der Waals surface area contributed by atoms with E-state index in [9.17, 15) is 10.0 Å². The molecule has 1 N–H and O–H groups in total. The third-order valence-electron chi connectivity index (χ3n) is 9.51. The third-order valence-corrected chi connectivity index (χ3v) is 9.51. The number of allylic oxidation sites excluding steroid dienone is 1. The molecule has 0 amide bonds. The van der Waals surface area contributed by atoms with Gasteiger partial charge in [-0.1, -0.05) is 30.7 Å². The summed E-state index contributed by atoms with van der Waals surface area (Å²) < 4.78 is 11.7. The number of ether oxygens (including phenoxy) is 2. The molecule has 4 aliphatic carbocycles. The average molecular weight is 388 g/mol. The molecule has 0 unspecified atom stereocenters. The fourth-order valence-electron chi connectivity index (χ4n) is 8.12. The molecule has 28 heavy (non-hydrogen) atoms. The second-order valence-electron chi connectivity index (χ2n) is 10.5. The number of hydrogen-bond donors (Lipinski definition) is 1. The number of esters is 1. The lowest BCUT2D eigenvalue weighted by Gasteiger charge is -2.58. The van der Waals surface area contributed by atoms with E-state index in [1.807, 2.05) is 6.92 Å². The zero-order valence-corrected chi connectivity index (χ0v) is 17.5. The van der Waals surface area contributed by atoms with Crippen LogP contribution in [0.2, 0.25) is 0 Å². The Balaban J connectivity index is 1.43. The Kier molecular flexibility index (Phi) is 3.89. The molecule has 5 rings (SSSR count). The van der Waals surface area contributed by atoms with E-state index in [1.165, 1.54) is 18.9 Å². The van der Waals surface area contributed by atoms with Gasteiger partial charge in [-0.2, -0.15) is 0 Å². The quantitative estimate of drug-likeness (QED) is 0.189. The number of epoxide rings is 1. The van der Waals surface area contributed by atoms with Crippen molar-refractivity contribution < 1.29 is 19.5 Å². The third kappa shape index (κ3) is 2.17. The van der Waals surface area contributed by atoms with Crippen LogP contribution < -0.4 is 0 Å². The van der Waals surface area contributed by atoms with Crippen LogP contribution >= 0.6 is 0 Å². The number of fused-ring (bicyclic) bond motifs is 7. The van der Waals surface area contributed by atoms with Crippen molar-refractivity contribution in [1.29, 1.82) is 0 Å². The second-order valence-corrected chi connectivity index (χ2v) is 10.5. The van der Waals surface area contributed by atoms with Gasteiger partial charge in [0, 0.05) is 18.8 Å². The summed E-state index contributed by atoms with van der Waals surface area (Å²) in [6.07, 6.45) is 10.3. The number of hydrogen-bond acceptors (Lipinski definition) is 5. The molecule has 0 aromatic rings. The van der Waals surface area contributed by atoms with Crippen LogP contribution in [0.15, 0.2) is 16.8 Å². The number of rotatable bonds is 2. The van der Waals surface area contributed by atoms with Gasteiger partial charge in [0.2, 0.25) is 0 Å². The van der Waals surface area contributed by atoms with Crippen molar-refractivity contribution in [2.24, 2.45) is 33.7 Å². The Hall–Kier alpha value is -1.36. The van der Waals surface area contributed by atoms with E-state index in [4.69, 9.17) is 9.47 Å². The zero-order chi connectivity index (χ0) is 19.9. The Bertz CT molecular complexity index is 775. The minimum absolute atomic E-state index is 0.0569. The van der Waals surface area contributed by atoms with Crippen molar-refractivity contribution in [3.63, 3.8) is 0 Å². The smallest absolute Gasteiger partial charge is 0.302 e. The maximum Gasteiger partial charge on any atom is 0.302 e. The monoisotopic (exact) mass is 387 g/mol. The second kappa shape index (κ2) is 5.84. The van der Waals surface area contributed by atoms with Crippen LogP contribution in [-0.4, -0.2) is 34.7 Å². The van der Waals surface area contributed by atoms with Crippen LogP contribution in [0.5, 0.6) is 0 Å². The summed E-state index contributed by atoms with van der Waals surface area (Å²) in [5.74, 6) is 1.84. The van der Waals surface area contributed by atoms with Gasteiger partial charge < -0.3 is 14.7 Å². The normalized spacial score (nSPS) is 51.9. The first-order valence-corrected chi connectivity index (χ1v) is 11.0. The van der Waals surface area contributed by atoms with Crippen molar-refractivity contribution in [2.45, 2.75) is 90.4 Å². The van der Waals surface area contributed by atoms with Crippen molar-refractivity contribution in [3.05, 3.63) is 11.6 Å². The largest absolute Gasteiger partial charge is 0.462 e. The molecule has 0 spiro atoms. The van der Waals surface area contributed by atoms with Crippen LogP contribution in [0.3, 0.4) is 0 Å². The zero-order valence-electron chi connectivity index (χ0n) is 17.5. The molecule has 4 fully saturated rings. The molecular weight excluding hydrogens is 354 g/mol. The molecule has 0 bridgehead atoms. The molecule has 1 heterocycles. The van der Waals surface area contributed by atoms with Gasteiger partial charge in [-0.3, -0.25) is 4.79 Å². The lowest BCUT2D eigenvalue weighted by Crippen LogP contribution is -2.54. The topological polar surface area (TPSA) is 71.4 Å². The van der Waals surface area contributed by atoms with Gasteiger partial charge >= 0.3 is 5.97 Å². The van der Waals surface area contributed by atoms with Crippen LogP contribution in [0.25, 0.3) is 0 Å². The predicted octanol–water partition coefficient (Wildman–Crippen LogP) is 4.48. The number of oxime groups is 1. The Morgan fingerprint density at radius 1 is 1.25 bits per heavy atom. The minimum Gasteiger partial charge on any atom is -0.462 e. The molecule has 5 nitrogen and oxygen atoms in total. The molecular formula is C23H33NO4. The first kappa shape index (κ1) is 18.7. The van der Waals surface area contributed by atoms with E-state index in [0.717, 1.165) is 44.2 Å². The first-order valence-electron chi connectivity index (χ1n) is 11.0. The highest BCUT2D eigenvalue weighted by Gasteiger charge is 2.78. The van der Waals surface area contributed by atoms with Crippen LogP contribution in [0.1, 0.15) is 72.6 Å². The molecule has 1 aliphatic heterocycles. The van der Waals surface area contributed by atoms with E-state index in [0.29, 0.717) is 17.8 Å². The van der Waals surface area contributed by atoms with Gasteiger partial charge in [-0.05, 0) is 68.6 Å². The van der Waals surface area contributed by atoms with Gasteiger partial charge in [-0.25, -0.2) is 0 Å². The summed E-state index contributed by atoms with van der Waals surface area (Å²) in [4.78, 5) is 11.4. The standard InChI is InChI=1S/C23H33NO4/c1-13(24-26)23-20(28-23)12-19-17-6-5-15-11-16(27-14(2)25)7-9-21(15,3)18(17)8-10-22(19,23)4/h5,16-20,26H,6-12H2,1-4H3/b24-13-/t16-,17+,18-,19-,20-,21-,22-,23+/m0/s1. The summed E-state index contributed by atoms with van der Waals surface area (Å²) in [6.45, 7) is 8.29. The minimum atomic E-state index is -0.324. The fourth-order valence-corrected chi connectivity index (χ4v) is 8.12. The molecule has 1 saturated heterocycles. The van der Waals surface area contributed by atoms with Gasteiger partial charge in [0.05, 0.1) is 11.8 Å². The summed E-state index contributed by atoms with van der Waals surface area (Å²) >= 11 is 0. The van der Waals surface area contributed by atoms with Gasteiger partial charge in [0.15, 0.2) is 0 Å². The van der Waals surface area contributed by atoms with E-state index >= 15 is 0 Å². The van der Waals surface area contributed by atoms with Crippen molar-refractivity contribution >= 4 is 11.7 Å². The number of nitrogens with zero attached hydrogens (tertiary/aromatic N) is 1. The summed E-state index contributed by atoms with van der Waals surface area (Å²) in [7, 11) is 0. The maximum absolute atomic E-state index is 11.4. The Labute approximate surface area is 167 Å². The Morgan fingerprint density at radius 2 is 2.04 bits per heavy atom. The van der Waals surface area contributed by atoms with Crippen LogP contribution in [0.4, 0.5) is 0 Å². The molecule has 154 valence electrons. The molecule has 5 heteroatoms. The van der Waals surface area contributed by atoms with E-state index in [-0.39, 0.29) is 34.6 Å². The van der Waals surface area contributed by atoms with Crippen molar-refractivity contribution in [1.82, 2.24) is 0 Å². The maximum atomic E-state index is 11.4. The molecule has 5 aliphatic rings. The van der Waals surface area contributed by atoms with Gasteiger partial charge in [0.25, 0.3) is 0 Å². The highest BCUT2D eigenvalue weighted by atomic mass is 16.6. The molecule has 0 aromatic heterocycles. The Morgan fingerprint density at radius 3 is 2.75 bits per heavy atom. The van der Waals surface area contributed by atoms with Gasteiger partial charge in [0.1, 0.15) is 11.7 Å². The highest BCUT2D eigenvalue weighted by molar-refractivity contribution is 5.94. The first-order chi connectivity index (χ1) is 13.3. The molecule has 8 atom stereocenters. The fraction of sp³-hybridized carbons (Fsp3) is 0.826. The molecule has 0 aromatic carbocycles. The molecule has 0 radical (unpaired) electrons. The summed E-state index contributed by atoms with van der Waals surface area (Å²) in [5.41, 5.74) is 2.28. The van der Waals surface area contributed by atoms with E-state index in [2.05, 4.69) is 25.1 Å². The van der Waals surface area contributed by atoms with Crippen LogP contribution in [-0.2, 0) is 14.3 Å². The van der Waals surface area contributed by atoms with Crippen LogP contribution in [0, 0.1) is 28.6 Å². The number of carbonyl (C=O) groups is 1. The highest BCUT2D eigenvalue weighted by Crippen LogP contribution is 2.73. The lowest BCUT2D eigenvalue weighted by molar-refractivity contribution is -0.148. The SMILES string of the molecule is CC(=O)O[C@H]1CC[C@@]2(C)C(=CC[C@@H]3[C@@H]2CC[C@@]2(C)[C@H]3C[C@@H]3O[C@]32/C(C)=N\O)C1. The van der Waals surface area contributed by atoms with E-state index in [1.54, 1.807) is 0 Å².